The molecule has 7 nitrogen and oxygen atoms in total. The van der Waals surface area contributed by atoms with Crippen molar-refractivity contribution in [3.63, 3.8) is 0 Å². The second-order valence-electron chi connectivity index (χ2n) is 5.61. The number of para-hydroxylation sites is 1. The fourth-order valence-corrected chi connectivity index (χ4v) is 2.67. The van der Waals surface area contributed by atoms with Gasteiger partial charge in [0.2, 0.25) is 5.95 Å². The maximum absolute atomic E-state index is 12.5. The Kier molecular flexibility index (Phi) is 3.45. The molecule has 2 aromatic heterocycles. The standard InChI is InChI=1S/C17H14N4O3/c22-15(13-8-11-4-1-2-5-14(11)24-16(13)23)21-9-12(10-21)20-17-18-6-3-7-19-17/h1-8,12H,9-10H2,(H,18,19,20). The average molecular weight is 322 g/mol. The van der Waals surface area contributed by atoms with E-state index in [1.165, 1.54) is 0 Å². The largest absolute Gasteiger partial charge is 0.422 e. The van der Waals surface area contributed by atoms with Crippen LogP contribution in [0.25, 0.3) is 11.0 Å². The Hall–Kier alpha value is -3.22. The van der Waals surface area contributed by atoms with Crippen molar-refractivity contribution in [2.75, 3.05) is 18.4 Å². The van der Waals surface area contributed by atoms with Crippen LogP contribution in [0.15, 0.2) is 58.0 Å². The lowest BCUT2D eigenvalue weighted by Crippen LogP contribution is -2.57. The van der Waals surface area contributed by atoms with Gasteiger partial charge in [0.1, 0.15) is 11.1 Å². The van der Waals surface area contributed by atoms with E-state index in [4.69, 9.17) is 4.42 Å². The molecule has 1 aromatic carbocycles. The fourth-order valence-electron chi connectivity index (χ4n) is 2.67. The minimum atomic E-state index is -0.610. The van der Waals surface area contributed by atoms with Gasteiger partial charge < -0.3 is 14.6 Å². The summed E-state index contributed by atoms with van der Waals surface area (Å²) in [6.07, 6.45) is 3.30. The number of carbonyl (C=O) groups excluding carboxylic acids is 1. The fraction of sp³-hybridized carbons (Fsp3) is 0.176. The monoisotopic (exact) mass is 322 g/mol. The number of carbonyl (C=O) groups is 1. The third-order valence-corrected chi connectivity index (χ3v) is 3.94. The van der Waals surface area contributed by atoms with Gasteiger partial charge in [-0.1, -0.05) is 18.2 Å². The van der Waals surface area contributed by atoms with Crippen LogP contribution in [0.1, 0.15) is 10.4 Å². The molecule has 0 saturated carbocycles. The zero-order valence-corrected chi connectivity index (χ0v) is 12.7. The van der Waals surface area contributed by atoms with Crippen LogP contribution in [0.5, 0.6) is 0 Å². The number of amides is 1. The van der Waals surface area contributed by atoms with E-state index in [-0.39, 0.29) is 17.5 Å². The zero-order chi connectivity index (χ0) is 16.5. The number of rotatable bonds is 3. The number of anilines is 1. The van der Waals surface area contributed by atoms with E-state index in [1.54, 1.807) is 41.6 Å². The van der Waals surface area contributed by atoms with Gasteiger partial charge in [0.25, 0.3) is 5.91 Å². The molecule has 1 aliphatic rings. The SMILES string of the molecule is O=C(c1cc2ccccc2oc1=O)N1CC(Nc2ncccn2)C1. The molecule has 1 N–H and O–H groups in total. The van der Waals surface area contributed by atoms with Gasteiger partial charge in [0.15, 0.2) is 0 Å². The van der Waals surface area contributed by atoms with Gasteiger partial charge in [-0.2, -0.15) is 0 Å². The maximum Gasteiger partial charge on any atom is 0.349 e. The zero-order valence-electron chi connectivity index (χ0n) is 12.7. The number of nitrogens with one attached hydrogen (secondary N) is 1. The first-order chi connectivity index (χ1) is 11.7. The summed E-state index contributed by atoms with van der Waals surface area (Å²) in [7, 11) is 0. The van der Waals surface area contributed by atoms with Crippen molar-refractivity contribution < 1.29 is 9.21 Å². The Balaban J connectivity index is 1.48. The van der Waals surface area contributed by atoms with Gasteiger partial charge in [-0.25, -0.2) is 14.8 Å². The molecule has 1 saturated heterocycles. The van der Waals surface area contributed by atoms with E-state index in [9.17, 15) is 9.59 Å². The van der Waals surface area contributed by atoms with E-state index in [0.717, 1.165) is 5.39 Å². The molecule has 24 heavy (non-hydrogen) atoms. The molecule has 7 heteroatoms. The lowest BCUT2D eigenvalue weighted by atomic mass is 10.1. The van der Waals surface area contributed by atoms with Crippen molar-refractivity contribution in [2.45, 2.75) is 6.04 Å². The number of aromatic nitrogens is 2. The third kappa shape index (κ3) is 2.60. The summed E-state index contributed by atoms with van der Waals surface area (Å²) >= 11 is 0. The van der Waals surface area contributed by atoms with Crippen molar-refractivity contribution in [3.8, 4) is 0 Å². The molecule has 0 aliphatic carbocycles. The number of hydrogen-bond donors (Lipinski definition) is 1. The minimum Gasteiger partial charge on any atom is -0.422 e. The van der Waals surface area contributed by atoms with E-state index in [1.807, 2.05) is 12.1 Å². The first kappa shape index (κ1) is 14.4. The number of fused-ring (bicyclic) bond motifs is 1. The van der Waals surface area contributed by atoms with E-state index in [2.05, 4.69) is 15.3 Å². The van der Waals surface area contributed by atoms with Crippen molar-refractivity contribution in [2.24, 2.45) is 0 Å². The highest BCUT2D eigenvalue weighted by atomic mass is 16.4. The number of likely N-dealkylation sites (tertiary alicyclic amines) is 1. The van der Waals surface area contributed by atoms with E-state index >= 15 is 0 Å². The highest BCUT2D eigenvalue weighted by Crippen LogP contribution is 2.17. The highest BCUT2D eigenvalue weighted by Gasteiger charge is 2.33. The predicted molar refractivity (Wildman–Crippen MR) is 87.8 cm³/mol. The molecule has 3 aromatic rings. The Morgan fingerprint density at radius 1 is 1.17 bits per heavy atom. The summed E-state index contributed by atoms with van der Waals surface area (Å²) in [6, 6.07) is 10.5. The van der Waals surface area contributed by atoms with Crippen LogP contribution in [0, 0.1) is 0 Å². The topological polar surface area (TPSA) is 88.3 Å². The third-order valence-electron chi connectivity index (χ3n) is 3.94. The lowest BCUT2D eigenvalue weighted by molar-refractivity contribution is 0.0620. The maximum atomic E-state index is 12.5. The molecule has 4 rings (SSSR count). The van der Waals surface area contributed by atoms with E-state index < -0.39 is 5.63 Å². The average Bonchev–Trinajstić information content (AvgIpc) is 2.57. The summed E-state index contributed by atoms with van der Waals surface area (Å²) in [5, 5.41) is 3.87. The van der Waals surface area contributed by atoms with Gasteiger partial charge >= 0.3 is 5.63 Å². The molecule has 120 valence electrons. The quantitative estimate of drug-likeness (QED) is 0.736. The second kappa shape index (κ2) is 5.77. The summed E-state index contributed by atoms with van der Waals surface area (Å²) in [5.74, 6) is 0.210. The first-order valence-corrected chi connectivity index (χ1v) is 7.56. The van der Waals surface area contributed by atoms with Crippen molar-refractivity contribution in [3.05, 3.63) is 64.8 Å². The molecule has 0 radical (unpaired) electrons. The molecular formula is C17H14N4O3. The van der Waals surface area contributed by atoms with Crippen molar-refractivity contribution in [1.29, 1.82) is 0 Å². The van der Waals surface area contributed by atoms with Gasteiger partial charge in [-0.05, 0) is 18.2 Å². The molecule has 1 aliphatic heterocycles. The van der Waals surface area contributed by atoms with Crippen LogP contribution >= 0.6 is 0 Å². The molecule has 0 bridgehead atoms. The molecule has 0 spiro atoms. The highest BCUT2D eigenvalue weighted by molar-refractivity contribution is 5.97. The van der Waals surface area contributed by atoms with Crippen LogP contribution in [0.4, 0.5) is 5.95 Å². The lowest BCUT2D eigenvalue weighted by Gasteiger charge is -2.39. The Bertz CT molecular complexity index is 949. The molecular weight excluding hydrogens is 308 g/mol. The molecule has 3 heterocycles. The number of nitrogens with zero attached hydrogens (tertiary/aromatic N) is 3. The molecule has 1 fully saturated rings. The van der Waals surface area contributed by atoms with Crippen LogP contribution in [0.3, 0.4) is 0 Å². The predicted octanol–water partition coefficient (Wildman–Crippen LogP) is 1.52. The van der Waals surface area contributed by atoms with E-state index in [0.29, 0.717) is 24.6 Å². The van der Waals surface area contributed by atoms with Gasteiger partial charge in [0.05, 0.1) is 6.04 Å². The summed E-state index contributed by atoms with van der Waals surface area (Å²) in [6.45, 7) is 0.979. The molecule has 1 amide bonds. The Morgan fingerprint density at radius 3 is 2.71 bits per heavy atom. The van der Waals surface area contributed by atoms with Gasteiger partial charge in [0, 0.05) is 30.9 Å². The normalized spacial score (nSPS) is 14.4. The number of benzene rings is 1. The van der Waals surface area contributed by atoms with Crippen LogP contribution in [-0.4, -0.2) is 39.9 Å². The van der Waals surface area contributed by atoms with Crippen LogP contribution in [-0.2, 0) is 0 Å². The summed E-state index contributed by atoms with van der Waals surface area (Å²) < 4.78 is 5.22. The molecule has 0 atom stereocenters. The Morgan fingerprint density at radius 2 is 1.92 bits per heavy atom. The second-order valence-corrected chi connectivity index (χ2v) is 5.61. The van der Waals surface area contributed by atoms with Crippen molar-refractivity contribution in [1.82, 2.24) is 14.9 Å². The summed E-state index contributed by atoms with van der Waals surface area (Å²) in [4.78, 5) is 34.3. The minimum absolute atomic E-state index is 0.0584. The van der Waals surface area contributed by atoms with Gasteiger partial charge in [-0.15, -0.1) is 0 Å². The van der Waals surface area contributed by atoms with Crippen LogP contribution < -0.4 is 10.9 Å². The smallest absolute Gasteiger partial charge is 0.349 e. The number of hydrogen-bond acceptors (Lipinski definition) is 6. The first-order valence-electron chi connectivity index (χ1n) is 7.56. The van der Waals surface area contributed by atoms with Gasteiger partial charge in [-0.3, -0.25) is 4.79 Å². The van der Waals surface area contributed by atoms with Crippen molar-refractivity contribution >= 4 is 22.8 Å². The summed E-state index contributed by atoms with van der Waals surface area (Å²) in [5.41, 5.74) is -0.0759. The Labute approximate surface area is 137 Å². The molecule has 0 unspecified atom stereocenters. The van der Waals surface area contributed by atoms with Crippen LogP contribution in [0.2, 0.25) is 0 Å².